The van der Waals surface area contributed by atoms with Gasteiger partial charge in [0.2, 0.25) is 0 Å². The number of benzene rings is 2. The smallest absolute Gasteiger partial charge is 0.265 e. The summed E-state index contributed by atoms with van der Waals surface area (Å²) in [4.78, 5) is 12.1. The Kier molecular flexibility index (Phi) is 5.74. The maximum absolute atomic E-state index is 12.1. The van der Waals surface area contributed by atoms with Crippen LogP contribution in [0.4, 0.5) is 0 Å². The van der Waals surface area contributed by atoms with Gasteiger partial charge >= 0.3 is 0 Å². The maximum Gasteiger partial charge on any atom is 0.265 e. The van der Waals surface area contributed by atoms with Gasteiger partial charge in [0.05, 0.1) is 13.2 Å². The summed E-state index contributed by atoms with van der Waals surface area (Å²) in [5.41, 5.74) is 7.47. The summed E-state index contributed by atoms with van der Waals surface area (Å²) < 4.78 is 5.08. The van der Waals surface area contributed by atoms with Gasteiger partial charge in [-0.1, -0.05) is 36.4 Å². The first kappa shape index (κ1) is 15.8. The van der Waals surface area contributed by atoms with Crippen LogP contribution in [0, 0.1) is 0 Å². The summed E-state index contributed by atoms with van der Waals surface area (Å²) in [5, 5.41) is 0. The third-order valence-electron chi connectivity index (χ3n) is 3.32. The lowest BCUT2D eigenvalue weighted by Gasteiger charge is -2.18. The highest BCUT2D eigenvalue weighted by Crippen LogP contribution is 2.16. The molecule has 2 rings (SSSR count). The number of hydrogen-bond donors (Lipinski definition) is 2. The van der Waals surface area contributed by atoms with Gasteiger partial charge in [-0.2, -0.15) is 0 Å². The summed E-state index contributed by atoms with van der Waals surface area (Å²) in [6.07, 6.45) is 2.54. The van der Waals surface area contributed by atoms with Crippen LogP contribution in [0.3, 0.4) is 0 Å². The van der Waals surface area contributed by atoms with E-state index in [2.05, 4.69) is 17.4 Å². The molecular formula is C18H20N2O2. The first-order valence-electron chi connectivity index (χ1n) is 7.10. The molecule has 4 nitrogen and oxygen atoms in total. The molecule has 0 aromatic heterocycles. The largest absolute Gasteiger partial charge is 0.497 e. The molecule has 2 N–H and O–H groups in total. The van der Waals surface area contributed by atoms with Crippen molar-refractivity contribution in [2.24, 2.45) is 0 Å². The average molecular weight is 296 g/mol. The van der Waals surface area contributed by atoms with Gasteiger partial charge in [-0.05, 0) is 36.2 Å². The van der Waals surface area contributed by atoms with Crippen molar-refractivity contribution in [1.82, 2.24) is 10.9 Å². The molecule has 0 aliphatic heterocycles. The molecule has 0 fully saturated rings. The van der Waals surface area contributed by atoms with Crippen LogP contribution in [0.15, 0.2) is 67.3 Å². The van der Waals surface area contributed by atoms with Crippen LogP contribution in [0.1, 0.15) is 28.4 Å². The van der Waals surface area contributed by atoms with Crippen molar-refractivity contribution in [1.29, 1.82) is 0 Å². The highest BCUT2D eigenvalue weighted by atomic mass is 16.5. The first-order chi connectivity index (χ1) is 10.7. The van der Waals surface area contributed by atoms with Crippen LogP contribution in [0.5, 0.6) is 5.75 Å². The fraction of sp³-hybridized carbons (Fsp3) is 0.167. The zero-order valence-corrected chi connectivity index (χ0v) is 12.6. The Morgan fingerprint density at radius 3 is 2.45 bits per heavy atom. The van der Waals surface area contributed by atoms with E-state index in [1.807, 2.05) is 36.4 Å². The summed E-state index contributed by atoms with van der Waals surface area (Å²) in [5.74, 6) is 0.533. The molecule has 2 aromatic rings. The van der Waals surface area contributed by atoms with Gasteiger partial charge in [0.25, 0.3) is 5.91 Å². The number of carbonyl (C=O) groups excluding carboxylic acids is 1. The standard InChI is InChI=1S/C18H20N2O2/c1-3-7-17(14-8-5-4-6-9-14)19-20-18(21)15-10-12-16(22-2)13-11-15/h3-6,8-13,17,19H,1,7H2,2H3,(H,20,21). The fourth-order valence-electron chi connectivity index (χ4n) is 2.10. The second-order valence-electron chi connectivity index (χ2n) is 4.81. The van der Waals surface area contributed by atoms with Crippen LogP contribution in [-0.4, -0.2) is 13.0 Å². The Balaban J connectivity index is 1.99. The second kappa shape index (κ2) is 8.00. The molecule has 1 atom stereocenters. The van der Waals surface area contributed by atoms with Crippen LogP contribution >= 0.6 is 0 Å². The maximum atomic E-state index is 12.1. The van der Waals surface area contributed by atoms with E-state index in [0.29, 0.717) is 12.0 Å². The van der Waals surface area contributed by atoms with Crippen molar-refractivity contribution in [2.75, 3.05) is 7.11 Å². The van der Waals surface area contributed by atoms with Gasteiger partial charge in [0.1, 0.15) is 5.75 Å². The quantitative estimate of drug-likeness (QED) is 0.609. The van der Waals surface area contributed by atoms with Gasteiger partial charge in [-0.25, -0.2) is 5.43 Å². The molecule has 114 valence electrons. The van der Waals surface area contributed by atoms with Crippen LogP contribution in [0.25, 0.3) is 0 Å². The number of rotatable bonds is 7. The van der Waals surface area contributed by atoms with Crippen molar-refractivity contribution >= 4 is 5.91 Å². The Bertz CT molecular complexity index is 609. The SMILES string of the molecule is C=CCC(NNC(=O)c1ccc(OC)cc1)c1ccccc1. The van der Waals surface area contributed by atoms with E-state index < -0.39 is 0 Å². The molecule has 4 heteroatoms. The summed E-state index contributed by atoms with van der Waals surface area (Å²) in [6.45, 7) is 3.76. The predicted octanol–water partition coefficient (Wildman–Crippen LogP) is 3.25. The summed E-state index contributed by atoms with van der Waals surface area (Å²) in [7, 11) is 1.59. The lowest BCUT2D eigenvalue weighted by molar-refractivity contribution is 0.0925. The molecule has 2 aromatic carbocycles. The number of methoxy groups -OCH3 is 1. The molecular weight excluding hydrogens is 276 g/mol. The third kappa shape index (κ3) is 4.20. The van der Waals surface area contributed by atoms with Crippen molar-refractivity contribution in [2.45, 2.75) is 12.5 Å². The van der Waals surface area contributed by atoms with E-state index in [-0.39, 0.29) is 11.9 Å². The molecule has 0 radical (unpaired) electrons. The first-order valence-corrected chi connectivity index (χ1v) is 7.10. The number of nitrogens with one attached hydrogen (secondary N) is 2. The molecule has 0 heterocycles. The van der Waals surface area contributed by atoms with Crippen LogP contribution in [0.2, 0.25) is 0 Å². The van der Waals surface area contributed by atoms with Crippen LogP contribution in [-0.2, 0) is 0 Å². The molecule has 22 heavy (non-hydrogen) atoms. The van der Waals surface area contributed by atoms with E-state index in [1.165, 1.54) is 0 Å². The van der Waals surface area contributed by atoms with E-state index in [0.717, 1.165) is 11.3 Å². The molecule has 0 aliphatic rings. The van der Waals surface area contributed by atoms with Crippen molar-refractivity contribution < 1.29 is 9.53 Å². The normalized spacial score (nSPS) is 11.5. The summed E-state index contributed by atoms with van der Waals surface area (Å²) >= 11 is 0. The Morgan fingerprint density at radius 1 is 1.18 bits per heavy atom. The highest BCUT2D eigenvalue weighted by molar-refractivity contribution is 5.93. The second-order valence-corrected chi connectivity index (χ2v) is 4.81. The molecule has 0 saturated heterocycles. The molecule has 0 saturated carbocycles. The molecule has 0 spiro atoms. The number of amides is 1. The zero-order valence-electron chi connectivity index (χ0n) is 12.6. The third-order valence-corrected chi connectivity index (χ3v) is 3.32. The minimum Gasteiger partial charge on any atom is -0.497 e. The van der Waals surface area contributed by atoms with Crippen LogP contribution < -0.4 is 15.6 Å². The van der Waals surface area contributed by atoms with Gasteiger partial charge in [-0.3, -0.25) is 10.2 Å². The van der Waals surface area contributed by atoms with Crippen molar-refractivity contribution in [3.63, 3.8) is 0 Å². The fourth-order valence-corrected chi connectivity index (χ4v) is 2.10. The monoisotopic (exact) mass is 296 g/mol. The number of ether oxygens (including phenoxy) is 1. The van der Waals surface area contributed by atoms with Crippen molar-refractivity contribution in [3.8, 4) is 5.75 Å². The molecule has 1 amide bonds. The minimum atomic E-state index is -0.187. The number of carbonyl (C=O) groups is 1. The van der Waals surface area contributed by atoms with Gasteiger partial charge in [0.15, 0.2) is 0 Å². The Labute approximate surface area is 130 Å². The number of hydrogen-bond acceptors (Lipinski definition) is 3. The van der Waals surface area contributed by atoms with Gasteiger partial charge in [-0.15, -0.1) is 6.58 Å². The van der Waals surface area contributed by atoms with E-state index >= 15 is 0 Å². The Morgan fingerprint density at radius 2 is 1.86 bits per heavy atom. The minimum absolute atomic E-state index is 0.0131. The van der Waals surface area contributed by atoms with E-state index in [9.17, 15) is 4.79 Å². The molecule has 0 bridgehead atoms. The lowest BCUT2D eigenvalue weighted by Crippen LogP contribution is -2.39. The molecule has 0 aliphatic carbocycles. The Hall–Kier alpha value is -2.59. The van der Waals surface area contributed by atoms with E-state index in [1.54, 1.807) is 31.4 Å². The number of hydrazine groups is 1. The summed E-state index contributed by atoms with van der Waals surface area (Å²) in [6, 6.07) is 16.9. The zero-order chi connectivity index (χ0) is 15.8. The lowest BCUT2D eigenvalue weighted by atomic mass is 10.0. The molecule has 1 unspecified atom stereocenters. The van der Waals surface area contributed by atoms with Gasteiger partial charge < -0.3 is 4.74 Å². The average Bonchev–Trinajstić information content (AvgIpc) is 2.59. The van der Waals surface area contributed by atoms with Gasteiger partial charge in [0, 0.05) is 5.56 Å². The van der Waals surface area contributed by atoms with E-state index in [4.69, 9.17) is 4.74 Å². The topological polar surface area (TPSA) is 50.4 Å². The highest BCUT2D eigenvalue weighted by Gasteiger charge is 2.11. The predicted molar refractivity (Wildman–Crippen MR) is 87.6 cm³/mol. The van der Waals surface area contributed by atoms with Crippen molar-refractivity contribution in [3.05, 3.63) is 78.4 Å².